The number of rotatable bonds is 6. The van der Waals surface area contributed by atoms with E-state index in [1.165, 1.54) is 11.8 Å². The number of carbonyl (C=O) groups is 1. The normalized spacial score (nSPS) is 10.9. The van der Waals surface area contributed by atoms with Gasteiger partial charge >= 0.3 is 0 Å². The van der Waals surface area contributed by atoms with Gasteiger partial charge in [0.25, 0.3) is 0 Å². The molecule has 4 aromatic rings. The van der Waals surface area contributed by atoms with Gasteiger partial charge in [0, 0.05) is 28.2 Å². The summed E-state index contributed by atoms with van der Waals surface area (Å²) in [4.78, 5) is 17.3. The van der Waals surface area contributed by atoms with Crippen LogP contribution in [0.1, 0.15) is 21.7 Å². The Balaban J connectivity index is 1.49. The lowest BCUT2D eigenvalue weighted by Gasteiger charge is -2.09. The number of para-hydroxylation sites is 1. The highest BCUT2D eigenvalue weighted by atomic mass is 32.2. The van der Waals surface area contributed by atoms with Crippen molar-refractivity contribution >= 4 is 17.5 Å². The highest BCUT2D eigenvalue weighted by Gasteiger charge is 2.17. The van der Waals surface area contributed by atoms with Crippen LogP contribution >= 0.6 is 11.8 Å². The van der Waals surface area contributed by atoms with Gasteiger partial charge in [-0.1, -0.05) is 60.3 Å². The van der Waals surface area contributed by atoms with E-state index in [0.29, 0.717) is 16.7 Å². The maximum absolute atomic E-state index is 12.8. The molecular weight excluding hydrogens is 368 g/mol. The molecule has 0 spiro atoms. The molecule has 28 heavy (non-hydrogen) atoms. The molecule has 0 aliphatic rings. The van der Waals surface area contributed by atoms with Crippen molar-refractivity contribution in [3.05, 3.63) is 83.7 Å². The van der Waals surface area contributed by atoms with Crippen LogP contribution in [0.15, 0.2) is 71.9 Å². The summed E-state index contributed by atoms with van der Waals surface area (Å²) in [6.45, 7) is 4.00. The van der Waals surface area contributed by atoms with Crippen molar-refractivity contribution in [2.24, 2.45) is 0 Å². The lowest BCUT2D eigenvalue weighted by molar-refractivity contribution is 0.102. The van der Waals surface area contributed by atoms with Gasteiger partial charge in [0.05, 0.1) is 5.75 Å². The number of nitrogens with one attached hydrogen (secondary N) is 1. The zero-order chi connectivity index (χ0) is 19.5. The van der Waals surface area contributed by atoms with Crippen LogP contribution in [-0.4, -0.2) is 31.3 Å². The molecule has 0 saturated heterocycles. The lowest BCUT2D eigenvalue weighted by Crippen LogP contribution is -2.05. The number of nitrogens with zero attached hydrogens (tertiary/aromatic N) is 3. The van der Waals surface area contributed by atoms with E-state index in [9.17, 15) is 4.79 Å². The van der Waals surface area contributed by atoms with Gasteiger partial charge in [0.2, 0.25) is 5.16 Å². The lowest BCUT2D eigenvalue weighted by atomic mass is 10.2. The molecule has 0 atom stereocenters. The van der Waals surface area contributed by atoms with Crippen molar-refractivity contribution < 1.29 is 4.79 Å². The summed E-state index contributed by atoms with van der Waals surface area (Å²) in [6.07, 6.45) is 0. The smallest absolute Gasteiger partial charge is 0.209 e. The van der Waals surface area contributed by atoms with Crippen molar-refractivity contribution in [1.82, 2.24) is 19.7 Å². The number of H-pyrrole nitrogens is 1. The number of hydrogen-bond donors (Lipinski definition) is 1. The molecule has 0 bridgehead atoms. The van der Waals surface area contributed by atoms with Crippen molar-refractivity contribution in [2.75, 3.05) is 5.75 Å². The van der Waals surface area contributed by atoms with E-state index < -0.39 is 0 Å². The first-order chi connectivity index (χ1) is 13.6. The molecule has 0 saturated carbocycles. The Morgan fingerprint density at radius 2 is 1.71 bits per heavy atom. The molecule has 2 aromatic heterocycles. The maximum atomic E-state index is 12.8. The first kappa shape index (κ1) is 18.3. The monoisotopic (exact) mass is 388 g/mol. The van der Waals surface area contributed by atoms with Crippen LogP contribution in [0.4, 0.5) is 0 Å². The maximum Gasteiger partial charge on any atom is 0.209 e. The molecule has 140 valence electrons. The first-order valence-corrected chi connectivity index (χ1v) is 10.0. The van der Waals surface area contributed by atoms with E-state index in [0.717, 1.165) is 28.2 Å². The Bertz CT molecular complexity index is 1100. The van der Waals surface area contributed by atoms with Gasteiger partial charge in [0.15, 0.2) is 11.6 Å². The van der Waals surface area contributed by atoms with Gasteiger partial charge in [-0.3, -0.25) is 9.89 Å². The molecule has 6 heteroatoms. The molecule has 0 aliphatic heterocycles. The molecule has 2 aromatic carbocycles. The van der Waals surface area contributed by atoms with Gasteiger partial charge in [-0.15, -0.1) is 5.10 Å². The fourth-order valence-electron chi connectivity index (χ4n) is 3.26. The summed E-state index contributed by atoms with van der Waals surface area (Å²) in [6, 6.07) is 21.8. The zero-order valence-corrected chi connectivity index (χ0v) is 16.5. The predicted molar refractivity (Wildman–Crippen MR) is 112 cm³/mol. The SMILES string of the molecule is Cc1cc(C(=O)CSc2n[nH]c(-c3ccccc3)n2)c(C)n1-c1ccccc1. The zero-order valence-electron chi connectivity index (χ0n) is 15.7. The highest BCUT2D eigenvalue weighted by molar-refractivity contribution is 7.99. The minimum atomic E-state index is 0.0753. The topological polar surface area (TPSA) is 63.6 Å². The fraction of sp³-hybridized carbons (Fsp3) is 0.136. The van der Waals surface area contributed by atoms with E-state index in [1.54, 1.807) is 0 Å². The van der Waals surface area contributed by atoms with Crippen molar-refractivity contribution in [3.8, 4) is 17.1 Å². The van der Waals surface area contributed by atoms with Crippen molar-refractivity contribution in [1.29, 1.82) is 0 Å². The molecule has 2 heterocycles. The Morgan fingerprint density at radius 1 is 1.04 bits per heavy atom. The average molecular weight is 388 g/mol. The number of thioether (sulfide) groups is 1. The second-order valence-corrected chi connectivity index (χ2v) is 7.44. The van der Waals surface area contributed by atoms with Crippen LogP contribution in [-0.2, 0) is 0 Å². The van der Waals surface area contributed by atoms with E-state index in [4.69, 9.17) is 0 Å². The number of Topliss-reactive ketones (excluding diaryl/α,β-unsaturated/α-hetero) is 1. The third kappa shape index (κ3) is 3.64. The van der Waals surface area contributed by atoms with E-state index in [-0.39, 0.29) is 5.78 Å². The van der Waals surface area contributed by atoms with E-state index in [1.807, 2.05) is 80.6 Å². The van der Waals surface area contributed by atoms with Crippen LogP contribution in [0.5, 0.6) is 0 Å². The summed E-state index contributed by atoms with van der Waals surface area (Å²) >= 11 is 1.35. The Kier molecular flexibility index (Phi) is 5.12. The third-order valence-electron chi connectivity index (χ3n) is 4.59. The molecule has 0 fully saturated rings. The second-order valence-electron chi connectivity index (χ2n) is 6.50. The predicted octanol–water partition coefficient (Wildman–Crippen LogP) is 4.85. The molecule has 1 N–H and O–H groups in total. The summed E-state index contributed by atoms with van der Waals surface area (Å²) in [5, 5.41) is 7.73. The van der Waals surface area contributed by atoms with E-state index in [2.05, 4.69) is 19.7 Å². The van der Waals surface area contributed by atoms with Gasteiger partial charge in [-0.05, 0) is 32.0 Å². The minimum absolute atomic E-state index is 0.0753. The first-order valence-electron chi connectivity index (χ1n) is 9.01. The Morgan fingerprint density at radius 3 is 2.43 bits per heavy atom. The number of ketones is 1. The molecule has 4 rings (SSSR count). The van der Waals surface area contributed by atoms with Crippen LogP contribution in [0.3, 0.4) is 0 Å². The number of carbonyl (C=O) groups excluding carboxylic acids is 1. The highest BCUT2D eigenvalue weighted by Crippen LogP contribution is 2.24. The van der Waals surface area contributed by atoms with Crippen LogP contribution in [0.2, 0.25) is 0 Å². The van der Waals surface area contributed by atoms with Crippen LogP contribution in [0.25, 0.3) is 17.1 Å². The van der Waals surface area contributed by atoms with Gasteiger partial charge in [-0.25, -0.2) is 4.98 Å². The Hall–Kier alpha value is -3.12. The van der Waals surface area contributed by atoms with Crippen molar-refractivity contribution in [3.63, 3.8) is 0 Å². The van der Waals surface area contributed by atoms with Crippen LogP contribution < -0.4 is 0 Å². The number of aromatic nitrogens is 4. The number of hydrogen-bond acceptors (Lipinski definition) is 4. The third-order valence-corrected chi connectivity index (χ3v) is 5.44. The molecular formula is C22H20N4OS. The number of aromatic amines is 1. The minimum Gasteiger partial charge on any atom is -0.318 e. The Labute approximate surface area is 167 Å². The fourth-order valence-corrected chi connectivity index (χ4v) is 3.95. The standard InChI is InChI=1S/C22H20N4OS/c1-15-13-19(16(2)26(15)18-11-7-4-8-12-18)20(27)14-28-22-23-21(24-25-22)17-9-5-3-6-10-17/h3-13H,14H2,1-2H3,(H,23,24,25). The number of aryl methyl sites for hydroxylation is 1. The van der Waals surface area contributed by atoms with Crippen molar-refractivity contribution in [2.45, 2.75) is 19.0 Å². The van der Waals surface area contributed by atoms with Gasteiger partial charge < -0.3 is 4.57 Å². The summed E-state index contributed by atoms with van der Waals surface area (Å²) in [5.41, 5.74) is 4.77. The molecule has 0 radical (unpaired) electrons. The quantitative estimate of drug-likeness (QED) is 0.379. The largest absolute Gasteiger partial charge is 0.318 e. The van der Waals surface area contributed by atoms with Gasteiger partial charge in [0.1, 0.15) is 0 Å². The molecule has 0 amide bonds. The van der Waals surface area contributed by atoms with Crippen LogP contribution in [0, 0.1) is 13.8 Å². The summed E-state index contributed by atoms with van der Waals surface area (Å²) in [5.74, 6) is 1.08. The summed E-state index contributed by atoms with van der Waals surface area (Å²) in [7, 11) is 0. The second kappa shape index (κ2) is 7.86. The summed E-state index contributed by atoms with van der Waals surface area (Å²) < 4.78 is 2.11. The molecule has 0 aliphatic carbocycles. The number of benzene rings is 2. The molecule has 0 unspecified atom stereocenters. The van der Waals surface area contributed by atoms with Gasteiger partial charge in [-0.2, -0.15) is 0 Å². The molecule has 5 nitrogen and oxygen atoms in total. The average Bonchev–Trinajstić information content (AvgIpc) is 3.32. The van der Waals surface area contributed by atoms with E-state index >= 15 is 0 Å².